The molecule has 5 rings (SSSR count). The average molecular weight is 526 g/mol. The summed E-state index contributed by atoms with van der Waals surface area (Å²) < 4.78 is 14.3. The van der Waals surface area contributed by atoms with Gasteiger partial charge in [-0.25, -0.2) is 14.8 Å². The maximum Gasteiger partial charge on any atom is 0.343 e. The summed E-state index contributed by atoms with van der Waals surface area (Å²) in [4.78, 5) is 26.0. The molecule has 0 bridgehead atoms. The molecule has 0 atom stereocenters. The molecule has 0 unspecified atom stereocenters. The third-order valence-electron chi connectivity index (χ3n) is 5.79. The van der Waals surface area contributed by atoms with Crippen molar-refractivity contribution in [3.05, 3.63) is 72.7 Å². The van der Waals surface area contributed by atoms with Gasteiger partial charge in [0.15, 0.2) is 17.4 Å². The first kappa shape index (κ1) is 25.4. The molecule has 0 aliphatic carbocycles. The number of hydrogen-bond acceptors (Lipinski definition) is 10. The topological polar surface area (TPSA) is 134 Å². The van der Waals surface area contributed by atoms with Gasteiger partial charge in [-0.1, -0.05) is 36.4 Å². The van der Waals surface area contributed by atoms with Crippen LogP contribution >= 0.6 is 0 Å². The standard InChI is InChI=1S/C27H27N9O3/c1-5-39-26(37)19-15-28-27(31-22-14-21(33-36(22)3)17-10-7-6-8-11-17)32-25(19)30-20-13-9-12-18(23(20)38-4)24-29-16-35(2)34-24/h6-16H,5H2,1-4H3,(H2,28,30,31,32). The monoisotopic (exact) mass is 525 g/mol. The molecule has 0 radical (unpaired) electrons. The lowest BCUT2D eigenvalue weighted by molar-refractivity contribution is 0.0526. The average Bonchev–Trinajstić information content (AvgIpc) is 3.54. The van der Waals surface area contributed by atoms with Gasteiger partial charge in [-0.3, -0.25) is 9.36 Å². The van der Waals surface area contributed by atoms with Gasteiger partial charge in [0.05, 0.1) is 30.7 Å². The Morgan fingerprint density at radius 3 is 2.54 bits per heavy atom. The number of anilines is 4. The number of esters is 1. The summed E-state index contributed by atoms with van der Waals surface area (Å²) in [5.74, 6) is 1.60. The van der Waals surface area contributed by atoms with E-state index in [-0.39, 0.29) is 23.9 Å². The number of benzene rings is 2. The number of ether oxygens (including phenoxy) is 2. The van der Waals surface area contributed by atoms with Gasteiger partial charge >= 0.3 is 5.97 Å². The summed E-state index contributed by atoms with van der Waals surface area (Å²) in [6.45, 7) is 1.95. The molecule has 0 aliphatic heterocycles. The largest absolute Gasteiger partial charge is 0.494 e. The quantitative estimate of drug-likeness (QED) is 0.268. The Hall–Kier alpha value is -5.26. The van der Waals surface area contributed by atoms with Gasteiger partial charge in [0.1, 0.15) is 17.7 Å². The minimum Gasteiger partial charge on any atom is -0.494 e. The lowest BCUT2D eigenvalue weighted by atomic mass is 10.1. The first-order valence-electron chi connectivity index (χ1n) is 12.2. The van der Waals surface area contributed by atoms with Gasteiger partial charge in [-0.15, -0.1) is 0 Å². The Labute approximate surface area is 224 Å². The fourth-order valence-electron chi connectivity index (χ4n) is 3.97. The molecule has 39 heavy (non-hydrogen) atoms. The predicted octanol–water partition coefficient (Wildman–Crippen LogP) is 4.35. The van der Waals surface area contributed by atoms with Crippen molar-refractivity contribution in [1.82, 2.24) is 34.5 Å². The molecule has 0 saturated heterocycles. The van der Waals surface area contributed by atoms with Crippen LogP contribution in [0.3, 0.4) is 0 Å². The van der Waals surface area contributed by atoms with Crippen LogP contribution in [0.15, 0.2) is 67.1 Å². The lowest BCUT2D eigenvalue weighted by Crippen LogP contribution is -2.12. The zero-order valence-corrected chi connectivity index (χ0v) is 21.9. The van der Waals surface area contributed by atoms with E-state index in [1.807, 2.05) is 61.6 Å². The van der Waals surface area contributed by atoms with Gasteiger partial charge in [0.2, 0.25) is 5.95 Å². The number of carbonyl (C=O) groups excluding carboxylic acids is 1. The fourth-order valence-corrected chi connectivity index (χ4v) is 3.97. The van der Waals surface area contributed by atoms with Crippen LogP contribution in [0.4, 0.5) is 23.3 Å². The van der Waals surface area contributed by atoms with Crippen molar-refractivity contribution in [1.29, 1.82) is 0 Å². The molecular formula is C27H27N9O3. The number of nitrogens with zero attached hydrogens (tertiary/aromatic N) is 7. The number of carbonyl (C=O) groups is 1. The molecule has 0 saturated carbocycles. The summed E-state index contributed by atoms with van der Waals surface area (Å²) >= 11 is 0. The van der Waals surface area contributed by atoms with Crippen molar-refractivity contribution in [2.24, 2.45) is 14.1 Å². The summed E-state index contributed by atoms with van der Waals surface area (Å²) in [6.07, 6.45) is 3.03. The van der Waals surface area contributed by atoms with Crippen molar-refractivity contribution in [2.45, 2.75) is 6.92 Å². The van der Waals surface area contributed by atoms with E-state index in [9.17, 15) is 4.79 Å². The van der Waals surface area contributed by atoms with Crippen LogP contribution < -0.4 is 15.4 Å². The van der Waals surface area contributed by atoms with Crippen molar-refractivity contribution in [2.75, 3.05) is 24.4 Å². The molecule has 2 aromatic carbocycles. The molecule has 0 fully saturated rings. The van der Waals surface area contributed by atoms with E-state index in [0.717, 1.165) is 11.3 Å². The van der Waals surface area contributed by atoms with E-state index in [1.165, 1.54) is 6.20 Å². The van der Waals surface area contributed by atoms with Crippen molar-refractivity contribution in [3.8, 4) is 28.4 Å². The molecule has 12 heteroatoms. The van der Waals surface area contributed by atoms with E-state index in [4.69, 9.17) is 9.47 Å². The van der Waals surface area contributed by atoms with E-state index < -0.39 is 5.97 Å². The van der Waals surface area contributed by atoms with Crippen LogP contribution in [0.1, 0.15) is 17.3 Å². The minimum atomic E-state index is -0.556. The maximum atomic E-state index is 12.8. The number of para-hydroxylation sites is 1. The predicted molar refractivity (Wildman–Crippen MR) is 146 cm³/mol. The Morgan fingerprint density at radius 1 is 1.00 bits per heavy atom. The highest BCUT2D eigenvalue weighted by atomic mass is 16.5. The molecule has 5 aromatic rings. The van der Waals surface area contributed by atoms with Crippen LogP contribution in [-0.2, 0) is 18.8 Å². The number of nitrogens with one attached hydrogen (secondary N) is 2. The van der Waals surface area contributed by atoms with Crippen molar-refractivity contribution < 1.29 is 14.3 Å². The molecule has 3 aromatic heterocycles. The highest BCUT2D eigenvalue weighted by Gasteiger charge is 2.20. The first-order chi connectivity index (χ1) is 19.0. The SMILES string of the molecule is CCOC(=O)c1cnc(Nc2cc(-c3ccccc3)nn2C)nc1Nc1cccc(-c2ncn(C)n2)c1OC. The Bertz CT molecular complexity index is 1610. The normalized spacial score (nSPS) is 10.8. The Kier molecular flexibility index (Phi) is 7.17. The third-order valence-corrected chi connectivity index (χ3v) is 5.79. The number of aromatic nitrogens is 7. The van der Waals surface area contributed by atoms with E-state index in [0.29, 0.717) is 28.6 Å². The van der Waals surface area contributed by atoms with Gasteiger partial charge in [-0.2, -0.15) is 15.2 Å². The van der Waals surface area contributed by atoms with E-state index >= 15 is 0 Å². The van der Waals surface area contributed by atoms with Crippen LogP contribution in [0.5, 0.6) is 5.75 Å². The Morgan fingerprint density at radius 2 is 1.82 bits per heavy atom. The second kappa shape index (κ2) is 11.0. The summed E-state index contributed by atoms with van der Waals surface area (Å²) in [5, 5.41) is 15.4. The molecular weight excluding hydrogens is 498 g/mol. The molecule has 3 heterocycles. The highest BCUT2D eigenvalue weighted by molar-refractivity contribution is 5.96. The van der Waals surface area contributed by atoms with Gasteiger partial charge in [-0.05, 0) is 19.1 Å². The molecule has 2 N–H and O–H groups in total. The van der Waals surface area contributed by atoms with Crippen LogP contribution in [0.25, 0.3) is 22.6 Å². The zero-order valence-electron chi connectivity index (χ0n) is 21.9. The van der Waals surface area contributed by atoms with Crippen molar-refractivity contribution >= 4 is 29.2 Å². The molecule has 0 spiro atoms. The van der Waals surface area contributed by atoms with E-state index in [1.54, 1.807) is 36.8 Å². The smallest absolute Gasteiger partial charge is 0.343 e. The van der Waals surface area contributed by atoms with Gasteiger partial charge in [0.25, 0.3) is 0 Å². The minimum absolute atomic E-state index is 0.167. The number of rotatable bonds is 9. The van der Waals surface area contributed by atoms with Crippen molar-refractivity contribution in [3.63, 3.8) is 0 Å². The first-order valence-corrected chi connectivity index (χ1v) is 12.2. The molecule has 198 valence electrons. The maximum absolute atomic E-state index is 12.8. The van der Waals surface area contributed by atoms with Gasteiger partial charge < -0.3 is 20.1 Å². The summed E-state index contributed by atoms with van der Waals surface area (Å²) in [6, 6.07) is 17.2. The van der Waals surface area contributed by atoms with Crippen LogP contribution in [0.2, 0.25) is 0 Å². The fraction of sp³-hybridized carbons (Fsp3) is 0.185. The number of hydrogen-bond donors (Lipinski definition) is 2. The highest BCUT2D eigenvalue weighted by Crippen LogP contribution is 2.37. The number of methoxy groups -OCH3 is 1. The second-order valence-electron chi connectivity index (χ2n) is 8.46. The second-order valence-corrected chi connectivity index (χ2v) is 8.46. The van der Waals surface area contributed by atoms with Crippen LogP contribution in [-0.4, -0.2) is 54.2 Å². The number of aryl methyl sites for hydroxylation is 2. The zero-order chi connectivity index (χ0) is 27.4. The summed E-state index contributed by atoms with van der Waals surface area (Å²) in [7, 11) is 5.17. The Balaban J connectivity index is 1.50. The molecule has 12 nitrogen and oxygen atoms in total. The summed E-state index contributed by atoms with van der Waals surface area (Å²) in [5.41, 5.74) is 3.19. The van der Waals surface area contributed by atoms with Gasteiger partial charge in [0, 0.05) is 31.9 Å². The third kappa shape index (κ3) is 5.39. The van der Waals surface area contributed by atoms with E-state index in [2.05, 4.69) is 35.8 Å². The van der Waals surface area contributed by atoms with Crippen LogP contribution in [0, 0.1) is 0 Å². The molecule has 0 aliphatic rings. The lowest BCUT2D eigenvalue weighted by Gasteiger charge is -2.16. The molecule has 0 amide bonds.